The van der Waals surface area contributed by atoms with Crippen LogP contribution in [0.15, 0.2) is 41.8 Å². The molecule has 0 radical (unpaired) electrons. The first kappa shape index (κ1) is 14.7. The maximum Gasteiger partial charge on any atom is 0.172 e. The zero-order valence-electron chi connectivity index (χ0n) is 12.6. The normalized spacial score (nSPS) is 11.0. The van der Waals surface area contributed by atoms with Crippen molar-refractivity contribution in [1.82, 2.24) is 15.0 Å². The van der Waals surface area contributed by atoms with E-state index in [-0.39, 0.29) is 0 Å². The van der Waals surface area contributed by atoms with Crippen molar-refractivity contribution in [3.63, 3.8) is 0 Å². The van der Waals surface area contributed by atoms with Crippen LogP contribution >= 0.6 is 11.3 Å². The molecule has 0 fully saturated rings. The predicted octanol–water partition coefficient (Wildman–Crippen LogP) is 3.86. The fraction of sp³-hybridized carbons (Fsp3) is 0.235. The lowest BCUT2D eigenvalue weighted by atomic mass is 10.0. The average molecular weight is 311 g/mol. The molecule has 0 unspecified atom stereocenters. The smallest absolute Gasteiger partial charge is 0.172 e. The molecule has 22 heavy (non-hydrogen) atoms. The van der Waals surface area contributed by atoms with Gasteiger partial charge in [-0.3, -0.25) is 4.79 Å². The number of benzene rings is 1. The highest BCUT2D eigenvalue weighted by molar-refractivity contribution is 7.09. The summed E-state index contributed by atoms with van der Waals surface area (Å²) in [6.45, 7) is 4.33. The van der Waals surface area contributed by atoms with Gasteiger partial charge in [-0.05, 0) is 35.1 Å². The van der Waals surface area contributed by atoms with E-state index in [0.29, 0.717) is 18.0 Å². The number of carbonyl (C=O) groups is 1. The van der Waals surface area contributed by atoms with Crippen molar-refractivity contribution in [3.05, 3.63) is 63.6 Å². The Hall–Kier alpha value is -2.27. The number of hydrogen-bond donors (Lipinski definition) is 0. The predicted molar refractivity (Wildman–Crippen MR) is 88.0 cm³/mol. The maximum absolute atomic E-state index is 11.2. The Morgan fingerprint density at radius 2 is 2.00 bits per heavy atom. The van der Waals surface area contributed by atoms with E-state index in [9.17, 15) is 4.79 Å². The third-order valence-corrected chi connectivity index (χ3v) is 4.51. The summed E-state index contributed by atoms with van der Waals surface area (Å²) < 4.78 is 1.76. The summed E-state index contributed by atoms with van der Waals surface area (Å²) in [6, 6.07) is 12.3. The van der Waals surface area contributed by atoms with Crippen LogP contribution in [0.3, 0.4) is 0 Å². The van der Waals surface area contributed by atoms with Crippen molar-refractivity contribution in [3.8, 4) is 5.69 Å². The van der Waals surface area contributed by atoms with Crippen LogP contribution < -0.4 is 0 Å². The molecule has 0 aliphatic carbocycles. The molecule has 0 N–H and O–H groups in total. The van der Waals surface area contributed by atoms with E-state index in [1.807, 2.05) is 23.6 Å². The summed E-state index contributed by atoms with van der Waals surface area (Å²) in [4.78, 5) is 12.4. The molecule has 0 bridgehead atoms. The van der Waals surface area contributed by atoms with E-state index >= 15 is 0 Å². The Bertz CT molecular complexity index is 758. The van der Waals surface area contributed by atoms with E-state index < -0.39 is 0 Å². The Balaban J connectivity index is 1.99. The van der Waals surface area contributed by atoms with E-state index in [1.165, 1.54) is 10.4 Å². The molecule has 2 heterocycles. The second-order valence-electron chi connectivity index (χ2n) is 5.45. The Labute approximate surface area is 133 Å². The molecule has 0 saturated heterocycles. The van der Waals surface area contributed by atoms with E-state index in [0.717, 1.165) is 17.7 Å². The summed E-state index contributed by atoms with van der Waals surface area (Å²) in [5.74, 6) is 0.487. The minimum Gasteiger partial charge on any atom is -0.296 e. The van der Waals surface area contributed by atoms with Crippen LogP contribution in [0, 0.1) is 0 Å². The van der Waals surface area contributed by atoms with Crippen molar-refractivity contribution < 1.29 is 4.79 Å². The van der Waals surface area contributed by atoms with Gasteiger partial charge in [-0.1, -0.05) is 37.3 Å². The lowest BCUT2D eigenvalue weighted by Gasteiger charge is -2.09. The van der Waals surface area contributed by atoms with Gasteiger partial charge >= 0.3 is 0 Å². The summed E-state index contributed by atoms with van der Waals surface area (Å²) >= 11 is 1.67. The van der Waals surface area contributed by atoms with Crippen molar-refractivity contribution >= 4 is 17.6 Å². The first-order valence-electron chi connectivity index (χ1n) is 7.21. The number of aromatic nitrogens is 3. The molecule has 3 rings (SSSR count). The minimum absolute atomic E-state index is 0.404. The largest absolute Gasteiger partial charge is 0.296 e. The van der Waals surface area contributed by atoms with Crippen LogP contribution in [0.25, 0.3) is 5.69 Å². The molecule has 0 saturated carbocycles. The number of carbonyl (C=O) groups excluding carboxylic acids is 1. The summed E-state index contributed by atoms with van der Waals surface area (Å²) in [6.07, 6.45) is 1.43. The van der Waals surface area contributed by atoms with Crippen molar-refractivity contribution in [2.45, 2.75) is 26.2 Å². The number of thiophene rings is 1. The Morgan fingerprint density at radius 1 is 1.23 bits per heavy atom. The Kier molecular flexibility index (Phi) is 4.15. The van der Waals surface area contributed by atoms with E-state index in [2.05, 4.69) is 42.4 Å². The topological polar surface area (TPSA) is 47.8 Å². The average Bonchev–Trinajstić information content (AvgIpc) is 3.17. The van der Waals surface area contributed by atoms with Gasteiger partial charge in [-0.2, -0.15) is 0 Å². The molecule has 112 valence electrons. The summed E-state index contributed by atoms with van der Waals surface area (Å²) in [7, 11) is 0. The van der Waals surface area contributed by atoms with Crippen molar-refractivity contribution in [2.75, 3.05) is 0 Å². The summed E-state index contributed by atoms with van der Waals surface area (Å²) in [5.41, 5.74) is 3.44. The van der Waals surface area contributed by atoms with Gasteiger partial charge in [0.2, 0.25) is 0 Å². The first-order chi connectivity index (χ1) is 10.7. The molecule has 4 nitrogen and oxygen atoms in total. The van der Waals surface area contributed by atoms with Crippen LogP contribution in [0.1, 0.15) is 46.4 Å². The van der Waals surface area contributed by atoms with Gasteiger partial charge in [-0.15, -0.1) is 16.4 Å². The van der Waals surface area contributed by atoms with Gasteiger partial charge in [0.1, 0.15) is 5.69 Å². The number of aldehydes is 1. The molecular weight excluding hydrogens is 294 g/mol. The number of hydrogen-bond acceptors (Lipinski definition) is 4. The lowest BCUT2D eigenvalue weighted by Crippen LogP contribution is -2.04. The van der Waals surface area contributed by atoms with Crippen LogP contribution in [0.2, 0.25) is 0 Å². The van der Waals surface area contributed by atoms with Crippen LogP contribution in [-0.2, 0) is 6.42 Å². The third-order valence-electron chi connectivity index (χ3n) is 3.63. The van der Waals surface area contributed by atoms with E-state index in [4.69, 9.17) is 0 Å². The molecular formula is C17H17N3OS. The molecule has 0 spiro atoms. The molecule has 5 heteroatoms. The van der Waals surface area contributed by atoms with Gasteiger partial charge in [0.05, 0.1) is 11.4 Å². The van der Waals surface area contributed by atoms with Crippen LogP contribution in [0.4, 0.5) is 0 Å². The first-order valence-corrected chi connectivity index (χ1v) is 8.09. The highest BCUT2D eigenvalue weighted by atomic mass is 32.1. The van der Waals surface area contributed by atoms with E-state index in [1.54, 1.807) is 16.0 Å². The number of rotatable bonds is 5. The molecule has 2 aromatic heterocycles. The zero-order valence-corrected chi connectivity index (χ0v) is 13.4. The molecule has 3 aromatic rings. The second kappa shape index (κ2) is 6.23. The quantitative estimate of drug-likeness (QED) is 0.672. The van der Waals surface area contributed by atoms with Gasteiger partial charge in [0, 0.05) is 11.3 Å². The molecule has 0 amide bonds. The molecule has 0 aliphatic heterocycles. The second-order valence-corrected chi connectivity index (χ2v) is 6.49. The van der Waals surface area contributed by atoms with Crippen LogP contribution in [0.5, 0.6) is 0 Å². The SMILES string of the molecule is CC(C)c1ccc(-n2nnc(C=O)c2Cc2cccs2)cc1. The highest BCUT2D eigenvalue weighted by Gasteiger charge is 2.15. The monoisotopic (exact) mass is 311 g/mol. The maximum atomic E-state index is 11.2. The summed E-state index contributed by atoms with van der Waals surface area (Å²) in [5, 5.41) is 10.2. The molecule has 0 atom stereocenters. The molecule has 0 aliphatic rings. The van der Waals surface area contributed by atoms with Gasteiger partial charge in [-0.25, -0.2) is 4.68 Å². The fourth-order valence-corrected chi connectivity index (χ4v) is 3.07. The van der Waals surface area contributed by atoms with Gasteiger partial charge in [0.25, 0.3) is 0 Å². The zero-order chi connectivity index (χ0) is 15.5. The van der Waals surface area contributed by atoms with Crippen LogP contribution in [-0.4, -0.2) is 21.3 Å². The van der Waals surface area contributed by atoms with Gasteiger partial charge in [0.15, 0.2) is 6.29 Å². The molecule has 1 aromatic carbocycles. The standard InChI is InChI=1S/C17H17N3OS/c1-12(2)13-5-7-14(8-6-13)20-17(16(11-21)18-19-20)10-15-4-3-9-22-15/h3-9,11-12H,10H2,1-2H3. The van der Waals surface area contributed by atoms with Crippen molar-refractivity contribution in [1.29, 1.82) is 0 Å². The third kappa shape index (κ3) is 2.85. The Morgan fingerprint density at radius 3 is 2.59 bits per heavy atom. The van der Waals surface area contributed by atoms with Crippen molar-refractivity contribution in [2.24, 2.45) is 0 Å². The number of nitrogens with zero attached hydrogens (tertiary/aromatic N) is 3. The lowest BCUT2D eigenvalue weighted by molar-refractivity contribution is 0.111. The highest BCUT2D eigenvalue weighted by Crippen LogP contribution is 2.21. The fourth-order valence-electron chi connectivity index (χ4n) is 2.36. The van der Waals surface area contributed by atoms with Gasteiger partial charge < -0.3 is 0 Å². The minimum atomic E-state index is 0.404.